The molecule has 0 saturated heterocycles. The van der Waals surface area contributed by atoms with Crippen LogP contribution < -0.4 is 5.32 Å². The number of rotatable bonds is 3. The van der Waals surface area contributed by atoms with Crippen molar-refractivity contribution in [2.24, 2.45) is 11.8 Å². The zero-order valence-corrected chi connectivity index (χ0v) is 11.4. The maximum absolute atomic E-state index is 12.8. The van der Waals surface area contributed by atoms with E-state index in [2.05, 4.69) is 10.1 Å². The highest BCUT2D eigenvalue weighted by Crippen LogP contribution is 2.28. The van der Waals surface area contributed by atoms with Crippen LogP contribution in [0.1, 0.15) is 13.3 Å². The molecule has 2 rings (SSSR count). The smallest absolute Gasteiger partial charge is 0.316 e. The maximum Gasteiger partial charge on any atom is 0.316 e. The van der Waals surface area contributed by atoms with E-state index in [1.807, 2.05) is 6.92 Å². The molecule has 0 saturated carbocycles. The summed E-state index contributed by atoms with van der Waals surface area (Å²) in [5.41, 5.74) is 1.42. The Morgan fingerprint density at radius 1 is 1.35 bits per heavy atom. The van der Waals surface area contributed by atoms with Crippen LogP contribution in [0.2, 0.25) is 0 Å². The minimum Gasteiger partial charge on any atom is -0.468 e. The summed E-state index contributed by atoms with van der Waals surface area (Å²) in [6.45, 7) is 1.83. The van der Waals surface area contributed by atoms with E-state index in [-0.39, 0.29) is 17.5 Å². The lowest BCUT2D eigenvalue weighted by molar-refractivity contribution is -0.150. The second-order valence-corrected chi connectivity index (χ2v) is 4.89. The number of methoxy groups -OCH3 is 1. The SMILES string of the molecule is COC(=O)C1C(=O)C=C(Nc2ccc(F)cc2)CC1C. The summed E-state index contributed by atoms with van der Waals surface area (Å²) >= 11 is 0. The van der Waals surface area contributed by atoms with Gasteiger partial charge in [-0.05, 0) is 36.6 Å². The van der Waals surface area contributed by atoms with Crippen LogP contribution in [0.15, 0.2) is 36.0 Å². The highest BCUT2D eigenvalue weighted by atomic mass is 19.1. The first-order chi connectivity index (χ1) is 9.51. The van der Waals surface area contributed by atoms with Crippen LogP contribution in [0, 0.1) is 17.7 Å². The molecule has 5 heteroatoms. The van der Waals surface area contributed by atoms with Crippen LogP contribution in [0.4, 0.5) is 10.1 Å². The monoisotopic (exact) mass is 277 g/mol. The molecule has 1 aromatic rings. The molecule has 0 spiro atoms. The molecule has 0 aromatic heterocycles. The molecule has 2 atom stereocenters. The van der Waals surface area contributed by atoms with Gasteiger partial charge in [-0.3, -0.25) is 9.59 Å². The number of carbonyl (C=O) groups excluding carboxylic acids is 2. The number of anilines is 1. The summed E-state index contributed by atoms with van der Waals surface area (Å²) in [6.07, 6.45) is 1.98. The summed E-state index contributed by atoms with van der Waals surface area (Å²) in [5, 5.41) is 3.07. The summed E-state index contributed by atoms with van der Waals surface area (Å²) < 4.78 is 17.5. The van der Waals surface area contributed by atoms with Gasteiger partial charge in [0.1, 0.15) is 11.7 Å². The van der Waals surface area contributed by atoms with Crippen molar-refractivity contribution in [3.8, 4) is 0 Å². The molecule has 20 heavy (non-hydrogen) atoms. The molecule has 0 radical (unpaired) electrons. The van der Waals surface area contributed by atoms with Crippen molar-refractivity contribution in [2.45, 2.75) is 13.3 Å². The van der Waals surface area contributed by atoms with E-state index >= 15 is 0 Å². The molecule has 4 nitrogen and oxygen atoms in total. The molecule has 0 bridgehead atoms. The van der Waals surface area contributed by atoms with E-state index in [4.69, 9.17) is 0 Å². The Labute approximate surface area is 116 Å². The first-order valence-electron chi connectivity index (χ1n) is 6.36. The quantitative estimate of drug-likeness (QED) is 0.681. The van der Waals surface area contributed by atoms with Gasteiger partial charge in [0.25, 0.3) is 0 Å². The molecule has 1 aliphatic carbocycles. The van der Waals surface area contributed by atoms with Gasteiger partial charge in [0, 0.05) is 17.5 Å². The predicted molar refractivity (Wildman–Crippen MR) is 72.4 cm³/mol. The van der Waals surface area contributed by atoms with Crippen molar-refractivity contribution in [3.05, 3.63) is 41.9 Å². The predicted octanol–water partition coefficient (Wildman–Crippen LogP) is 2.52. The van der Waals surface area contributed by atoms with Crippen molar-refractivity contribution >= 4 is 17.4 Å². The molecule has 0 amide bonds. The standard InChI is InChI=1S/C15H16FNO3/c1-9-7-12(8-13(18)14(9)15(19)20-2)17-11-5-3-10(16)4-6-11/h3-6,8-9,14,17H,7H2,1-2H3. The van der Waals surface area contributed by atoms with E-state index in [1.54, 1.807) is 12.1 Å². The fraction of sp³-hybridized carbons (Fsp3) is 0.333. The number of hydrogen-bond donors (Lipinski definition) is 1. The van der Waals surface area contributed by atoms with Crippen LogP contribution in [0.3, 0.4) is 0 Å². The van der Waals surface area contributed by atoms with Crippen LogP contribution >= 0.6 is 0 Å². The van der Waals surface area contributed by atoms with Gasteiger partial charge in [-0.1, -0.05) is 6.92 Å². The lowest BCUT2D eigenvalue weighted by Gasteiger charge is -2.26. The van der Waals surface area contributed by atoms with Crippen LogP contribution in [-0.2, 0) is 14.3 Å². The van der Waals surface area contributed by atoms with Gasteiger partial charge >= 0.3 is 5.97 Å². The molecule has 106 valence electrons. The van der Waals surface area contributed by atoms with Crippen molar-refractivity contribution in [3.63, 3.8) is 0 Å². The Hall–Kier alpha value is -2.17. The second-order valence-electron chi connectivity index (χ2n) is 4.89. The van der Waals surface area contributed by atoms with Gasteiger partial charge in [-0.15, -0.1) is 0 Å². The molecule has 1 N–H and O–H groups in total. The third kappa shape index (κ3) is 3.04. The zero-order chi connectivity index (χ0) is 14.7. The fourth-order valence-electron chi connectivity index (χ4n) is 2.35. The van der Waals surface area contributed by atoms with Gasteiger partial charge in [0.15, 0.2) is 5.78 Å². The lowest BCUT2D eigenvalue weighted by Crippen LogP contribution is -2.34. The van der Waals surface area contributed by atoms with Gasteiger partial charge in [0.2, 0.25) is 0 Å². The number of esters is 1. The largest absolute Gasteiger partial charge is 0.468 e. The van der Waals surface area contributed by atoms with Gasteiger partial charge < -0.3 is 10.1 Å². The average molecular weight is 277 g/mol. The summed E-state index contributed by atoms with van der Waals surface area (Å²) in [5.74, 6) is -1.95. The summed E-state index contributed by atoms with van der Waals surface area (Å²) in [6, 6.07) is 5.87. The van der Waals surface area contributed by atoms with Crippen molar-refractivity contribution in [2.75, 3.05) is 12.4 Å². The Balaban J connectivity index is 2.13. The van der Waals surface area contributed by atoms with E-state index in [0.29, 0.717) is 17.8 Å². The topological polar surface area (TPSA) is 55.4 Å². The Morgan fingerprint density at radius 3 is 2.55 bits per heavy atom. The van der Waals surface area contributed by atoms with Crippen LogP contribution in [0.25, 0.3) is 0 Å². The molecular formula is C15H16FNO3. The van der Waals surface area contributed by atoms with E-state index in [9.17, 15) is 14.0 Å². The van der Waals surface area contributed by atoms with E-state index in [0.717, 1.165) is 0 Å². The van der Waals surface area contributed by atoms with Gasteiger partial charge in [-0.25, -0.2) is 4.39 Å². The maximum atomic E-state index is 12.8. The number of ether oxygens (including phenoxy) is 1. The fourth-order valence-corrected chi connectivity index (χ4v) is 2.35. The lowest BCUT2D eigenvalue weighted by atomic mass is 9.82. The average Bonchev–Trinajstić information content (AvgIpc) is 2.40. The number of ketones is 1. The van der Waals surface area contributed by atoms with Crippen LogP contribution in [-0.4, -0.2) is 18.9 Å². The molecule has 2 unspecified atom stereocenters. The molecular weight excluding hydrogens is 261 g/mol. The minimum absolute atomic E-state index is 0.136. The van der Waals surface area contributed by atoms with Gasteiger partial charge in [0.05, 0.1) is 7.11 Å². The third-order valence-corrected chi connectivity index (χ3v) is 3.34. The first kappa shape index (κ1) is 14.2. The van der Waals surface area contributed by atoms with Gasteiger partial charge in [-0.2, -0.15) is 0 Å². The number of hydrogen-bond acceptors (Lipinski definition) is 4. The Bertz CT molecular complexity index is 551. The molecule has 1 aliphatic rings. The van der Waals surface area contributed by atoms with Crippen LogP contribution in [0.5, 0.6) is 0 Å². The van der Waals surface area contributed by atoms with Crippen molar-refractivity contribution < 1.29 is 18.7 Å². The van der Waals surface area contributed by atoms with Crippen molar-refractivity contribution in [1.29, 1.82) is 0 Å². The van der Waals surface area contributed by atoms with E-state index in [1.165, 1.54) is 25.3 Å². The molecule has 0 aliphatic heterocycles. The number of allylic oxidation sites excluding steroid dienone is 2. The highest BCUT2D eigenvalue weighted by Gasteiger charge is 2.35. The summed E-state index contributed by atoms with van der Waals surface area (Å²) in [4.78, 5) is 23.5. The number of nitrogens with one attached hydrogen (secondary N) is 1. The number of carbonyl (C=O) groups is 2. The highest BCUT2D eigenvalue weighted by molar-refractivity contribution is 6.06. The summed E-state index contributed by atoms with van der Waals surface area (Å²) in [7, 11) is 1.28. The normalized spacial score (nSPS) is 22.1. The molecule has 0 heterocycles. The van der Waals surface area contributed by atoms with E-state index < -0.39 is 11.9 Å². The molecule has 1 aromatic carbocycles. The first-order valence-corrected chi connectivity index (χ1v) is 6.36. The molecule has 0 fully saturated rings. The Kier molecular flexibility index (Phi) is 4.17. The number of benzene rings is 1. The second kappa shape index (κ2) is 5.86. The van der Waals surface area contributed by atoms with Crippen molar-refractivity contribution in [1.82, 2.24) is 0 Å². The Morgan fingerprint density at radius 2 is 2.00 bits per heavy atom. The zero-order valence-electron chi connectivity index (χ0n) is 11.4. The number of halogens is 1. The minimum atomic E-state index is -0.737. The third-order valence-electron chi connectivity index (χ3n) is 3.34.